The highest BCUT2D eigenvalue weighted by molar-refractivity contribution is 5.37. The average Bonchev–Trinajstić information content (AvgIpc) is 3.20. The molecule has 2 aliphatic rings. The average molecular weight is 701 g/mol. The Kier molecular flexibility index (Phi) is 10.7. The van der Waals surface area contributed by atoms with Crippen molar-refractivity contribution in [1.29, 1.82) is 0 Å². The van der Waals surface area contributed by atoms with Crippen molar-refractivity contribution >= 4 is 0 Å². The lowest BCUT2D eigenvalue weighted by molar-refractivity contribution is 0.109. The van der Waals surface area contributed by atoms with Crippen LogP contribution in [0.15, 0.2) is 116 Å². The SMILES string of the molecule is Cc1cccnc1[C@@H]1CCC[C@H](c2ccc(Cc3cccnc3[C@@H]3CCC[C@H](c4cccc(Cc5cccnc5)n4)N3)c(Cc3cccnc3)n2)N1C. The second-order valence-corrected chi connectivity index (χ2v) is 14.7. The van der Waals surface area contributed by atoms with Gasteiger partial charge >= 0.3 is 0 Å². The number of likely N-dealkylation sites (tertiary alicyclic amines) is 1. The van der Waals surface area contributed by atoms with Crippen molar-refractivity contribution in [3.05, 3.63) is 178 Å². The normalized spacial score (nSPS) is 20.6. The lowest BCUT2D eigenvalue weighted by atomic mass is 9.89. The van der Waals surface area contributed by atoms with Crippen LogP contribution >= 0.6 is 0 Å². The van der Waals surface area contributed by atoms with Crippen LogP contribution in [0.2, 0.25) is 0 Å². The van der Waals surface area contributed by atoms with Crippen molar-refractivity contribution in [2.75, 3.05) is 7.05 Å². The van der Waals surface area contributed by atoms with Crippen molar-refractivity contribution in [2.45, 2.75) is 88.9 Å². The number of nitrogens with one attached hydrogen (secondary N) is 1. The molecule has 53 heavy (non-hydrogen) atoms. The van der Waals surface area contributed by atoms with Crippen LogP contribution in [0, 0.1) is 6.92 Å². The monoisotopic (exact) mass is 700 g/mol. The summed E-state index contributed by atoms with van der Waals surface area (Å²) in [7, 11) is 2.25. The number of piperidine rings is 2. The third kappa shape index (κ3) is 8.09. The quantitative estimate of drug-likeness (QED) is 0.152. The van der Waals surface area contributed by atoms with Gasteiger partial charge < -0.3 is 5.32 Å². The molecule has 0 amide bonds. The molecular formula is C45H48N8. The first-order chi connectivity index (χ1) is 26.1. The molecule has 2 saturated heterocycles. The minimum absolute atomic E-state index is 0.144. The van der Waals surface area contributed by atoms with Gasteiger partial charge in [0.15, 0.2) is 0 Å². The van der Waals surface area contributed by atoms with E-state index in [0.717, 1.165) is 86.3 Å². The molecule has 0 radical (unpaired) electrons. The van der Waals surface area contributed by atoms with Gasteiger partial charge in [0.2, 0.25) is 0 Å². The van der Waals surface area contributed by atoms with Crippen molar-refractivity contribution in [1.82, 2.24) is 40.1 Å². The zero-order valence-corrected chi connectivity index (χ0v) is 30.8. The summed E-state index contributed by atoms with van der Waals surface area (Å²) in [6, 6.07) is 28.6. The van der Waals surface area contributed by atoms with E-state index in [-0.39, 0.29) is 24.2 Å². The Labute approximate surface area is 313 Å². The van der Waals surface area contributed by atoms with Crippen LogP contribution in [-0.4, -0.2) is 41.9 Å². The summed E-state index contributed by atoms with van der Waals surface area (Å²) >= 11 is 0. The van der Waals surface area contributed by atoms with Gasteiger partial charge in [-0.1, -0.05) is 36.4 Å². The van der Waals surface area contributed by atoms with E-state index in [9.17, 15) is 0 Å². The van der Waals surface area contributed by atoms with Crippen LogP contribution in [0.3, 0.4) is 0 Å². The standard InChI is InChI=1S/C45H48N8/c1-31-10-6-24-48-44(31)43-19-5-18-42(53(43)2)39-21-20-34(41(52-39)27-33-12-8-23-47-30-33)28-35-13-9-25-49-45(35)40-17-4-16-38(51-40)37-15-3-14-36(50-37)26-32-11-7-22-46-29-32/h3,6-15,20-25,29-30,38,40,42-43,51H,4-5,16-19,26-28H2,1-2H3/t38-,40+,42-,43+/m1/s1. The maximum absolute atomic E-state index is 5.48. The molecule has 268 valence electrons. The largest absolute Gasteiger partial charge is 0.300 e. The predicted molar refractivity (Wildman–Crippen MR) is 208 cm³/mol. The molecule has 4 atom stereocenters. The van der Waals surface area contributed by atoms with Crippen LogP contribution in [0.1, 0.15) is 125 Å². The zero-order chi connectivity index (χ0) is 36.0. The second kappa shape index (κ2) is 16.2. The van der Waals surface area contributed by atoms with E-state index in [1.807, 2.05) is 55.4 Å². The molecule has 0 aliphatic carbocycles. The molecule has 0 aromatic carbocycles. The lowest BCUT2D eigenvalue weighted by Crippen LogP contribution is -2.34. The van der Waals surface area contributed by atoms with Gasteiger partial charge in [-0.3, -0.25) is 34.8 Å². The van der Waals surface area contributed by atoms with E-state index in [1.165, 1.54) is 33.5 Å². The number of rotatable bonds is 10. The number of pyridine rings is 6. The Morgan fingerprint density at radius 3 is 2.11 bits per heavy atom. The third-order valence-electron chi connectivity index (χ3n) is 11.1. The number of hydrogen-bond acceptors (Lipinski definition) is 8. The van der Waals surface area contributed by atoms with E-state index in [4.69, 9.17) is 19.9 Å². The molecule has 8 rings (SSSR count). The molecule has 0 saturated carbocycles. The molecule has 8 nitrogen and oxygen atoms in total. The molecule has 0 spiro atoms. The Bertz CT molecular complexity index is 2120. The summed E-state index contributed by atoms with van der Waals surface area (Å²) in [6.07, 6.45) is 20.2. The van der Waals surface area contributed by atoms with E-state index < -0.39 is 0 Å². The Balaban J connectivity index is 1.05. The van der Waals surface area contributed by atoms with Crippen molar-refractivity contribution < 1.29 is 0 Å². The van der Waals surface area contributed by atoms with Gasteiger partial charge in [0.1, 0.15) is 0 Å². The first kappa shape index (κ1) is 34.9. The molecule has 6 aromatic heterocycles. The molecule has 0 unspecified atom stereocenters. The summed E-state index contributed by atoms with van der Waals surface area (Å²) in [5.74, 6) is 0. The summed E-state index contributed by atoms with van der Waals surface area (Å²) in [6.45, 7) is 2.17. The fourth-order valence-corrected chi connectivity index (χ4v) is 8.41. The van der Waals surface area contributed by atoms with Gasteiger partial charge in [-0.2, -0.15) is 0 Å². The van der Waals surface area contributed by atoms with Crippen molar-refractivity contribution in [3.8, 4) is 0 Å². The molecule has 8 heterocycles. The van der Waals surface area contributed by atoms with Gasteiger partial charge in [-0.25, -0.2) is 0 Å². The van der Waals surface area contributed by atoms with E-state index in [2.05, 4.69) is 94.8 Å². The third-order valence-corrected chi connectivity index (χ3v) is 11.1. The topological polar surface area (TPSA) is 92.6 Å². The predicted octanol–water partition coefficient (Wildman–Crippen LogP) is 8.59. The van der Waals surface area contributed by atoms with Gasteiger partial charge in [-0.05, 0) is 123 Å². The number of aromatic nitrogens is 6. The van der Waals surface area contributed by atoms with Gasteiger partial charge in [0.05, 0.1) is 40.9 Å². The van der Waals surface area contributed by atoms with Crippen LogP contribution in [-0.2, 0) is 19.3 Å². The Hall–Kier alpha value is -5.18. The van der Waals surface area contributed by atoms with Crippen LogP contribution in [0.25, 0.3) is 0 Å². The number of aryl methyl sites for hydroxylation is 1. The van der Waals surface area contributed by atoms with Gasteiger partial charge in [0, 0.05) is 73.9 Å². The summed E-state index contributed by atoms with van der Waals surface area (Å²) in [4.78, 5) is 31.7. The van der Waals surface area contributed by atoms with Crippen LogP contribution in [0.5, 0.6) is 0 Å². The van der Waals surface area contributed by atoms with Gasteiger partial charge in [0.25, 0.3) is 0 Å². The molecule has 6 aromatic rings. The summed E-state index contributed by atoms with van der Waals surface area (Å²) < 4.78 is 0. The zero-order valence-electron chi connectivity index (χ0n) is 30.8. The molecule has 1 N–H and O–H groups in total. The number of nitrogens with zero attached hydrogens (tertiary/aromatic N) is 7. The number of hydrogen-bond donors (Lipinski definition) is 1. The summed E-state index contributed by atoms with van der Waals surface area (Å²) in [5.41, 5.74) is 12.8. The highest BCUT2D eigenvalue weighted by atomic mass is 15.2. The first-order valence-corrected chi connectivity index (χ1v) is 19.1. The molecular weight excluding hydrogens is 653 g/mol. The molecule has 2 fully saturated rings. The van der Waals surface area contributed by atoms with Crippen molar-refractivity contribution in [3.63, 3.8) is 0 Å². The Morgan fingerprint density at radius 2 is 1.32 bits per heavy atom. The second-order valence-electron chi connectivity index (χ2n) is 14.7. The van der Waals surface area contributed by atoms with Crippen LogP contribution in [0.4, 0.5) is 0 Å². The van der Waals surface area contributed by atoms with Crippen molar-refractivity contribution in [2.24, 2.45) is 0 Å². The smallest absolute Gasteiger partial charge is 0.0608 e. The highest BCUT2D eigenvalue weighted by Crippen LogP contribution is 2.40. The van der Waals surface area contributed by atoms with Gasteiger partial charge in [-0.15, -0.1) is 0 Å². The minimum atomic E-state index is 0.144. The highest BCUT2D eigenvalue weighted by Gasteiger charge is 2.33. The molecule has 8 heteroatoms. The van der Waals surface area contributed by atoms with E-state index in [0.29, 0.717) is 0 Å². The first-order valence-electron chi connectivity index (χ1n) is 19.1. The van der Waals surface area contributed by atoms with E-state index >= 15 is 0 Å². The lowest BCUT2D eigenvalue weighted by Gasteiger charge is -2.39. The van der Waals surface area contributed by atoms with Crippen LogP contribution < -0.4 is 5.32 Å². The fraction of sp³-hybridized carbons (Fsp3) is 0.333. The summed E-state index contributed by atoms with van der Waals surface area (Å²) in [5, 5.41) is 3.96. The fourth-order valence-electron chi connectivity index (χ4n) is 8.41. The maximum Gasteiger partial charge on any atom is 0.0608 e. The minimum Gasteiger partial charge on any atom is -0.300 e. The van der Waals surface area contributed by atoms with E-state index in [1.54, 1.807) is 0 Å². The Morgan fingerprint density at radius 1 is 0.604 bits per heavy atom. The maximum atomic E-state index is 5.48. The molecule has 0 bridgehead atoms. The molecule has 2 aliphatic heterocycles.